The number of aromatic amines is 1. The smallest absolute Gasteiger partial charge is 0.160 e. The minimum absolute atomic E-state index is 0.000000000000000222. The van der Waals surface area contributed by atoms with Gasteiger partial charge in [0.2, 0.25) is 0 Å². The third-order valence-corrected chi connectivity index (χ3v) is 0.934. The zero-order chi connectivity index (χ0) is 8.69. The lowest BCUT2D eigenvalue weighted by Crippen LogP contribution is -2.18. The van der Waals surface area contributed by atoms with E-state index in [4.69, 9.17) is 12.2 Å². The van der Waals surface area contributed by atoms with Crippen LogP contribution in [0.4, 0.5) is 0 Å². The van der Waals surface area contributed by atoms with E-state index in [1.54, 1.807) is 0 Å². The van der Waals surface area contributed by atoms with Crippen LogP contribution >= 0.6 is 24.4 Å². The molecule has 0 radical (unpaired) electrons. The van der Waals surface area contributed by atoms with E-state index in [1.165, 1.54) is 0 Å². The molecule has 1 aromatic heterocycles. The standard InChI is InChI=1S/C5H5NS.CH4N2S/c7-5-3-1-2-4-6-5;2-1(3)4/h1-4H,(H,6,7);(H4,2,3,4). The molecule has 0 saturated heterocycles. The number of H-pyrrole nitrogens is 1. The van der Waals surface area contributed by atoms with Gasteiger partial charge in [-0.2, -0.15) is 0 Å². The Bertz CT molecular complexity index is 247. The highest BCUT2D eigenvalue weighted by molar-refractivity contribution is 7.80. The Hall–Kier alpha value is -0.940. The second-order valence-corrected chi connectivity index (χ2v) is 2.54. The first-order chi connectivity index (χ1) is 5.13. The highest BCUT2D eigenvalue weighted by Gasteiger charge is 1.65. The summed E-state index contributed by atoms with van der Waals surface area (Å²) in [5.74, 6) is 0. The molecular weight excluding hydrogens is 178 g/mol. The zero-order valence-electron chi connectivity index (χ0n) is 5.78. The van der Waals surface area contributed by atoms with Crippen molar-refractivity contribution in [1.82, 2.24) is 4.98 Å². The SMILES string of the molecule is NC(N)=S.S=c1cccc[nH]1. The minimum Gasteiger partial charge on any atom is -0.377 e. The van der Waals surface area contributed by atoms with Gasteiger partial charge in [0.05, 0.1) is 0 Å². The molecule has 0 saturated carbocycles. The summed E-state index contributed by atoms with van der Waals surface area (Å²) in [6, 6.07) is 5.64. The van der Waals surface area contributed by atoms with Crippen molar-refractivity contribution < 1.29 is 0 Å². The van der Waals surface area contributed by atoms with Crippen molar-refractivity contribution in [1.29, 1.82) is 0 Å². The topological polar surface area (TPSA) is 67.8 Å². The van der Waals surface area contributed by atoms with E-state index >= 15 is 0 Å². The molecule has 0 aromatic carbocycles. The monoisotopic (exact) mass is 187 g/mol. The Labute approximate surface area is 75.4 Å². The van der Waals surface area contributed by atoms with Crippen molar-refractivity contribution in [3.05, 3.63) is 29.0 Å². The van der Waals surface area contributed by atoms with Gasteiger partial charge in [0, 0.05) is 6.20 Å². The maximum absolute atomic E-state index is 4.76. The first-order valence-electron chi connectivity index (χ1n) is 2.81. The van der Waals surface area contributed by atoms with Crippen LogP contribution in [0, 0.1) is 4.64 Å². The van der Waals surface area contributed by atoms with Crippen molar-refractivity contribution in [2.24, 2.45) is 11.5 Å². The third-order valence-electron chi connectivity index (χ3n) is 0.681. The first kappa shape index (κ1) is 10.1. The van der Waals surface area contributed by atoms with E-state index in [-0.39, 0.29) is 5.11 Å². The van der Waals surface area contributed by atoms with Crippen LogP contribution in [0.25, 0.3) is 0 Å². The molecule has 0 amide bonds. The molecule has 5 N–H and O–H groups in total. The predicted molar refractivity (Wildman–Crippen MR) is 52.6 cm³/mol. The van der Waals surface area contributed by atoms with Gasteiger partial charge in [0.1, 0.15) is 4.64 Å². The Morgan fingerprint density at radius 2 is 1.91 bits per heavy atom. The van der Waals surface area contributed by atoms with Crippen molar-refractivity contribution >= 4 is 29.5 Å². The highest BCUT2D eigenvalue weighted by Crippen LogP contribution is 1.80. The Balaban J connectivity index is 0.000000218. The lowest BCUT2D eigenvalue weighted by atomic mass is 10.5. The van der Waals surface area contributed by atoms with Gasteiger partial charge in [0.25, 0.3) is 0 Å². The zero-order valence-corrected chi connectivity index (χ0v) is 7.41. The molecule has 1 heterocycles. The fourth-order valence-corrected chi connectivity index (χ4v) is 0.523. The molecule has 11 heavy (non-hydrogen) atoms. The van der Waals surface area contributed by atoms with Crippen LogP contribution in [0.3, 0.4) is 0 Å². The molecule has 0 aliphatic heterocycles. The number of aromatic nitrogens is 1. The van der Waals surface area contributed by atoms with Gasteiger partial charge in [0.15, 0.2) is 5.11 Å². The lowest BCUT2D eigenvalue weighted by molar-refractivity contribution is 1.30. The van der Waals surface area contributed by atoms with Crippen LogP contribution < -0.4 is 11.5 Å². The molecule has 0 atom stereocenters. The molecule has 1 rings (SSSR count). The van der Waals surface area contributed by atoms with Gasteiger partial charge in [-0.05, 0) is 24.4 Å². The van der Waals surface area contributed by atoms with Gasteiger partial charge in [-0.1, -0.05) is 18.3 Å². The molecule has 1 aromatic rings. The number of thiocarbonyl (C=S) groups is 1. The number of nitrogens with two attached hydrogens (primary N) is 2. The van der Waals surface area contributed by atoms with E-state index < -0.39 is 0 Å². The molecule has 0 fully saturated rings. The second kappa shape index (κ2) is 5.82. The molecule has 0 spiro atoms. The Morgan fingerprint density at radius 3 is 2.09 bits per heavy atom. The number of nitrogens with one attached hydrogen (secondary N) is 1. The van der Waals surface area contributed by atoms with Gasteiger partial charge < -0.3 is 16.5 Å². The van der Waals surface area contributed by atoms with E-state index in [1.807, 2.05) is 24.4 Å². The Kier molecular flexibility index (Phi) is 5.32. The highest BCUT2D eigenvalue weighted by atomic mass is 32.1. The average Bonchev–Trinajstić information content (AvgIpc) is 1.87. The van der Waals surface area contributed by atoms with Gasteiger partial charge in [-0.3, -0.25) is 0 Å². The second-order valence-electron chi connectivity index (χ2n) is 1.63. The fourth-order valence-electron chi connectivity index (χ4n) is 0.377. The summed E-state index contributed by atoms with van der Waals surface area (Å²) in [6.07, 6.45) is 1.81. The van der Waals surface area contributed by atoms with Crippen LogP contribution in [0.1, 0.15) is 0 Å². The fraction of sp³-hybridized carbons (Fsp3) is 0. The molecule has 3 nitrogen and oxygen atoms in total. The van der Waals surface area contributed by atoms with E-state index in [2.05, 4.69) is 28.7 Å². The van der Waals surface area contributed by atoms with E-state index in [9.17, 15) is 0 Å². The quantitative estimate of drug-likeness (QED) is 0.529. The van der Waals surface area contributed by atoms with Gasteiger partial charge in [-0.25, -0.2) is 0 Å². The van der Waals surface area contributed by atoms with Crippen LogP contribution in [0.15, 0.2) is 24.4 Å². The van der Waals surface area contributed by atoms with Crippen molar-refractivity contribution in [2.75, 3.05) is 0 Å². The normalized spacial score (nSPS) is 7.64. The largest absolute Gasteiger partial charge is 0.377 e. The van der Waals surface area contributed by atoms with Crippen molar-refractivity contribution in [3.63, 3.8) is 0 Å². The van der Waals surface area contributed by atoms with Crippen molar-refractivity contribution in [3.8, 4) is 0 Å². The van der Waals surface area contributed by atoms with Gasteiger partial charge >= 0.3 is 0 Å². The van der Waals surface area contributed by atoms with E-state index in [0.29, 0.717) is 0 Å². The number of hydrogen-bond acceptors (Lipinski definition) is 2. The average molecular weight is 187 g/mol. The maximum Gasteiger partial charge on any atom is 0.160 e. The summed E-state index contributed by atoms with van der Waals surface area (Å²) in [6.45, 7) is 0. The van der Waals surface area contributed by atoms with Crippen LogP contribution in [-0.4, -0.2) is 10.1 Å². The summed E-state index contributed by atoms with van der Waals surface area (Å²) < 4.78 is 0.780. The molecule has 0 bridgehead atoms. The van der Waals surface area contributed by atoms with E-state index in [0.717, 1.165) is 4.64 Å². The molecule has 0 aliphatic carbocycles. The first-order valence-corrected chi connectivity index (χ1v) is 3.63. The predicted octanol–water partition coefficient (Wildman–Crippen LogP) is 0.933. The molecular formula is C6H9N3S2. The van der Waals surface area contributed by atoms with Crippen LogP contribution in [0.2, 0.25) is 0 Å². The van der Waals surface area contributed by atoms with Crippen LogP contribution in [0.5, 0.6) is 0 Å². The minimum atomic E-state index is 0.000000000000000222. The molecule has 5 heteroatoms. The van der Waals surface area contributed by atoms with Crippen LogP contribution in [-0.2, 0) is 0 Å². The molecule has 0 aliphatic rings. The summed E-state index contributed by atoms with van der Waals surface area (Å²) in [5.41, 5.74) is 9.24. The summed E-state index contributed by atoms with van der Waals surface area (Å²) in [7, 11) is 0. The summed E-state index contributed by atoms with van der Waals surface area (Å²) in [5, 5.41) is 0.000000000000000222. The Morgan fingerprint density at radius 1 is 1.36 bits per heavy atom. The summed E-state index contributed by atoms with van der Waals surface area (Å²) >= 11 is 8.85. The van der Waals surface area contributed by atoms with Gasteiger partial charge in [-0.15, -0.1) is 0 Å². The lowest BCUT2D eigenvalue weighted by Gasteiger charge is -1.76. The third kappa shape index (κ3) is 9.06. The number of rotatable bonds is 0. The summed E-state index contributed by atoms with van der Waals surface area (Å²) in [4.78, 5) is 2.85. The maximum atomic E-state index is 4.76. The van der Waals surface area contributed by atoms with Crippen molar-refractivity contribution in [2.45, 2.75) is 0 Å². The number of hydrogen-bond donors (Lipinski definition) is 3. The number of pyridine rings is 1. The molecule has 0 unspecified atom stereocenters. The molecule has 60 valence electrons.